The van der Waals surface area contributed by atoms with E-state index in [-0.39, 0.29) is 21.9 Å². The van der Waals surface area contributed by atoms with Gasteiger partial charge in [0, 0.05) is 0 Å². The number of carboxylic acid groups (broad SMARTS) is 1. The van der Waals surface area contributed by atoms with Crippen molar-refractivity contribution in [3.05, 3.63) is 94.6 Å². The second-order valence-electron chi connectivity index (χ2n) is 8.00. The fourth-order valence-corrected chi connectivity index (χ4v) is 3.97. The molecular formula is C27H22N2O6S. The van der Waals surface area contributed by atoms with Gasteiger partial charge in [-0.05, 0) is 66.7 Å². The quantitative estimate of drug-likeness (QED) is 0.285. The van der Waals surface area contributed by atoms with Crippen LogP contribution in [0.5, 0.6) is 11.5 Å². The average Bonchev–Trinajstić information content (AvgIpc) is 2.85. The Morgan fingerprint density at radius 1 is 1.06 bits per heavy atom. The number of nitrogens with one attached hydrogen (secondary N) is 1. The van der Waals surface area contributed by atoms with Gasteiger partial charge in [-0.3, -0.25) is 19.8 Å². The molecule has 2 amide bonds. The van der Waals surface area contributed by atoms with Gasteiger partial charge in [-0.2, -0.15) is 0 Å². The smallest absolute Gasteiger partial charge is 0.335 e. The number of nitrogens with zero attached hydrogens (tertiary/aromatic N) is 1. The van der Waals surface area contributed by atoms with Crippen molar-refractivity contribution in [3.63, 3.8) is 0 Å². The maximum absolute atomic E-state index is 13.2. The number of anilines is 1. The van der Waals surface area contributed by atoms with E-state index in [0.29, 0.717) is 23.7 Å². The SMILES string of the molecule is COc1cc(C=C2C(=O)NC(=S)N(c3cccc(C(=O)O)c3)C2=O)ccc1OCc1cccc(C)c1. The van der Waals surface area contributed by atoms with Gasteiger partial charge in [-0.25, -0.2) is 4.79 Å². The van der Waals surface area contributed by atoms with Gasteiger partial charge in [-0.15, -0.1) is 0 Å². The first-order chi connectivity index (χ1) is 17.3. The highest BCUT2D eigenvalue weighted by Gasteiger charge is 2.34. The van der Waals surface area contributed by atoms with Crippen molar-refractivity contribution in [3.8, 4) is 11.5 Å². The van der Waals surface area contributed by atoms with E-state index in [1.54, 1.807) is 18.2 Å². The number of aryl methyl sites for hydroxylation is 1. The number of aromatic carboxylic acids is 1. The van der Waals surface area contributed by atoms with Crippen LogP contribution in [0.3, 0.4) is 0 Å². The van der Waals surface area contributed by atoms with Gasteiger partial charge in [0.2, 0.25) is 0 Å². The molecule has 3 aromatic rings. The van der Waals surface area contributed by atoms with Crippen molar-refractivity contribution in [2.75, 3.05) is 12.0 Å². The van der Waals surface area contributed by atoms with E-state index in [1.165, 1.54) is 37.5 Å². The third-order valence-corrected chi connectivity index (χ3v) is 5.71. The van der Waals surface area contributed by atoms with E-state index < -0.39 is 17.8 Å². The summed E-state index contributed by atoms with van der Waals surface area (Å²) in [6, 6.07) is 18.7. The summed E-state index contributed by atoms with van der Waals surface area (Å²) < 4.78 is 11.4. The van der Waals surface area contributed by atoms with E-state index in [2.05, 4.69) is 5.32 Å². The lowest BCUT2D eigenvalue weighted by Crippen LogP contribution is -2.54. The molecule has 4 rings (SSSR count). The molecule has 9 heteroatoms. The largest absolute Gasteiger partial charge is 0.493 e. The number of carbonyl (C=O) groups excluding carboxylic acids is 2. The molecule has 2 N–H and O–H groups in total. The fourth-order valence-electron chi connectivity index (χ4n) is 3.69. The lowest BCUT2D eigenvalue weighted by atomic mass is 10.1. The van der Waals surface area contributed by atoms with Gasteiger partial charge in [-0.1, -0.05) is 42.0 Å². The molecule has 0 atom stereocenters. The van der Waals surface area contributed by atoms with Crippen LogP contribution in [0.2, 0.25) is 0 Å². The highest BCUT2D eigenvalue weighted by atomic mass is 32.1. The predicted octanol–water partition coefficient (Wildman–Crippen LogP) is 4.11. The summed E-state index contributed by atoms with van der Waals surface area (Å²) in [5, 5.41) is 11.6. The zero-order valence-electron chi connectivity index (χ0n) is 19.5. The van der Waals surface area contributed by atoms with E-state index in [0.717, 1.165) is 16.0 Å². The number of methoxy groups -OCH3 is 1. The minimum Gasteiger partial charge on any atom is -0.493 e. The number of thiocarbonyl (C=S) groups is 1. The standard InChI is InChI=1S/C27H22N2O6S/c1-16-5-3-6-18(11-16)15-35-22-10-9-17(13-23(22)34-2)12-21-24(30)28-27(36)29(25(21)31)20-8-4-7-19(14-20)26(32)33/h3-14H,15H2,1-2H3,(H,32,33)(H,28,30,36). The molecule has 1 fully saturated rings. The van der Waals surface area contributed by atoms with Crippen LogP contribution < -0.4 is 19.7 Å². The van der Waals surface area contributed by atoms with Gasteiger partial charge < -0.3 is 14.6 Å². The Morgan fingerprint density at radius 3 is 2.56 bits per heavy atom. The van der Waals surface area contributed by atoms with Crippen molar-refractivity contribution in [2.45, 2.75) is 13.5 Å². The van der Waals surface area contributed by atoms with Crippen LogP contribution in [0, 0.1) is 6.92 Å². The van der Waals surface area contributed by atoms with Gasteiger partial charge in [0.1, 0.15) is 12.2 Å². The Bertz CT molecular complexity index is 1410. The Labute approximate surface area is 212 Å². The molecule has 0 saturated carbocycles. The summed E-state index contributed by atoms with van der Waals surface area (Å²) in [5.74, 6) is -1.54. The second-order valence-corrected chi connectivity index (χ2v) is 8.39. The van der Waals surface area contributed by atoms with Crippen LogP contribution in [0.15, 0.2) is 72.3 Å². The van der Waals surface area contributed by atoms with Gasteiger partial charge >= 0.3 is 5.97 Å². The Hall–Kier alpha value is -4.50. The van der Waals surface area contributed by atoms with Crippen molar-refractivity contribution in [1.82, 2.24) is 5.32 Å². The minimum absolute atomic E-state index is 0.0171. The van der Waals surface area contributed by atoms with E-state index in [4.69, 9.17) is 21.7 Å². The number of carboxylic acids is 1. The predicted molar refractivity (Wildman–Crippen MR) is 138 cm³/mol. The summed E-state index contributed by atoms with van der Waals surface area (Å²) in [4.78, 5) is 38.3. The third-order valence-electron chi connectivity index (χ3n) is 5.43. The van der Waals surface area contributed by atoms with Crippen LogP contribution >= 0.6 is 12.2 Å². The monoisotopic (exact) mass is 502 g/mol. The van der Waals surface area contributed by atoms with Gasteiger partial charge in [0.25, 0.3) is 11.8 Å². The number of rotatable bonds is 7. The Kier molecular flexibility index (Phi) is 7.12. The number of carbonyl (C=O) groups is 3. The lowest BCUT2D eigenvalue weighted by Gasteiger charge is -2.29. The first-order valence-corrected chi connectivity index (χ1v) is 11.3. The molecule has 36 heavy (non-hydrogen) atoms. The summed E-state index contributed by atoms with van der Waals surface area (Å²) >= 11 is 5.19. The molecule has 1 saturated heterocycles. The van der Waals surface area contributed by atoms with Gasteiger partial charge in [0.15, 0.2) is 16.6 Å². The number of ether oxygens (including phenoxy) is 2. The summed E-state index contributed by atoms with van der Waals surface area (Å²) in [6.07, 6.45) is 1.42. The maximum atomic E-state index is 13.2. The molecule has 182 valence electrons. The maximum Gasteiger partial charge on any atom is 0.335 e. The summed E-state index contributed by atoms with van der Waals surface area (Å²) in [5.41, 5.74) is 2.71. The van der Waals surface area contributed by atoms with Crippen LogP contribution in [0.1, 0.15) is 27.0 Å². The molecule has 0 bridgehead atoms. The number of hydrogen-bond donors (Lipinski definition) is 2. The Balaban J connectivity index is 1.61. The van der Waals surface area contributed by atoms with Crippen molar-refractivity contribution in [1.29, 1.82) is 0 Å². The zero-order valence-corrected chi connectivity index (χ0v) is 20.3. The van der Waals surface area contributed by atoms with E-state index >= 15 is 0 Å². The summed E-state index contributed by atoms with van der Waals surface area (Å²) in [6.45, 7) is 2.35. The molecule has 0 spiro atoms. The highest BCUT2D eigenvalue weighted by molar-refractivity contribution is 7.80. The van der Waals surface area contributed by atoms with Crippen molar-refractivity contribution in [2.24, 2.45) is 0 Å². The molecule has 1 aliphatic rings. The van der Waals surface area contributed by atoms with Crippen LogP contribution in [0.4, 0.5) is 5.69 Å². The second kappa shape index (κ2) is 10.4. The van der Waals surface area contributed by atoms with E-state index in [9.17, 15) is 19.5 Å². The average molecular weight is 503 g/mol. The molecule has 0 radical (unpaired) electrons. The van der Waals surface area contributed by atoms with Crippen molar-refractivity contribution < 1.29 is 29.0 Å². The first-order valence-electron chi connectivity index (χ1n) is 10.9. The minimum atomic E-state index is -1.15. The van der Waals surface area contributed by atoms with E-state index in [1.807, 2.05) is 31.2 Å². The molecular weight excluding hydrogens is 480 g/mol. The Morgan fingerprint density at radius 2 is 1.83 bits per heavy atom. The number of amides is 2. The molecule has 1 heterocycles. The van der Waals surface area contributed by atoms with Crippen LogP contribution in [-0.2, 0) is 16.2 Å². The topological polar surface area (TPSA) is 105 Å². The molecule has 3 aromatic carbocycles. The summed E-state index contributed by atoms with van der Waals surface area (Å²) in [7, 11) is 1.50. The number of benzene rings is 3. The lowest BCUT2D eigenvalue weighted by molar-refractivity contribution is -0.122. The molecule has 0 aliphatic carbocycles. The van der Waals surface area contributed by atoms with Crippen molar-refractivity contribution >= 4 is 46.9 Å². The zero-order chi connectivity index (χ0) is 25.8. The third kappa shape index (κ3) is 5.26. The molecule has 0 aromatic heterocycles. The molecule has 8 nitrogen and oxygen atoms in total. The van der Waals surface area contributed by atoms with Gasteiger partial charge in [0.05, 0.1) is 18.4 Å². The van der Waals surface area contributed by atoms with Crippen LogP contribution in [-0.4, -0.2) is 35.1 Å². The molecule has 1 aliphatic heterocycles. The normalized spacial score (nSPS) is 14.6. The molecule has 0 unspecified atom stereocenters. The van der Waals surface area contributed by atoms with Crippen LogP contribution in [0.25, 0.3) is 6.08 Å². The first kappa shape index (κ1) is 24.6. The fraction of sp³-hybridized carbons (Fsp3) is 0.111. The number of hydrogen-bond acceptors (Lipinski definition) is 6. The highest BCUT2D eigenvalue weighted by Crippen LogP contribution is 2.31.